The Hall–Kier alpha value is -1.10. The summed E-state index contributed by atoms with van der Waals surface area (Å²) in [6.07, 6.45) is 2.22. The lowest BCUT2D eigenvalue weighted by Crippen LogP contribution is -2.42. The fourth-order valence-corrected chi connectivity index (χ4v) is 1.96. The van der Waals surface area contributed by atoms with Crippen LogP contribution in [0.1, 0.15) is 47.0 Å². The third-order valence-electron chi connectivity index (χ3n) is 3.48. The van der Waals surface area contributed by atoms with Crippen LogP contribution in [0, 0.1) is 17.8 Å². The Labute approximate surface area is 115 Å². The van der Waals surface area contributed by atoms with E-state index in [-0.39, 0.29) is 29.7 Å². The number of hydrogen-bond acceptors (Lipinski definition) is 3. The molecular formula is C14H28N2O3. The van der Waals surface area contributed by atoms with Gasteiger partial charge in [0.15, 0.2) is 0 Å². The Morgan fingerprint density at radius 2 is 1.74 bits per heavy atom. The van der Waals surface area contributed by atoms with Gasteiger partial charge in [0.1, 0.15) is 0 Å². The number of carboxylic acids is 1. The van der Waals surface area contributed by atoms with Crippen molar-refractivity contribution in [3.63, 3.8) is 0 Å². The Morgan fingerprint density at radius 1 is 1.16 bits per heavy atom. The number of amides is 1. The Bertz CT molecular complexity index is 292. The van der Waals surface area contributed by atoms with E-state index in [4.69, 9.17) is 10.8 Å². The van der Waals surface area contributed by atoms with Gasteiger partial charge in [-0.1, -0.05) is 27.2 Å². The van der Waals surface area contributed by atoms with Crippen molar-refractivity contribution in [1.29, 1.82) is 0 Å². The van der Waals surface area contributed by atoms with Crippen LogP contribution in [0.2, 0.25) is 0 Å². The van der Waals surface area contributed by atoms with Crippen LogP contribution in [0.3, 0.4) is 0 Å². The first kappa shape index (κ1) is 17.9. The highest BCUT2D eigenvalue weighted by Crippen LogP contribution is 2.12. The summed E-state index contributed by atoms with van der Waals surface area (Å²) in [5.74, 6) is -1.02. The first-order chi connectivity index (χ1) is 8.79. The number of carbonyl (C=O) groups is 2. The standard InChI is InChI=1S/C14H28N2O3/c1-9(2)12(8-15)13(17)16-11(4)7-5-6-10(3)14(18)19/h9-12H,5-8,15H2,1-4H3,(H,16,17)(H,18,19). The second-order valence-corrected chi connectivity index (χ2v) is 5.67. The van der Waals surface area contributed by atoms with Gasteiger partial charge in [-0.15, -0.1) is 0 Å². The van der Waals surface area contributed by atoms with Gasteiger partial charge >= 0.3 is 5.97 Å². The SMILES string of the molecule is CC(CCCC(C)C(=O)O)NC(=O)C(CN)C(C)C. The molecule has 0 aromatic carbocycles. The second kappa shape index (κ2) is 8.91. The first-order valence-corrected chi connectivity index (χ1v) is 7.02. The van der Waals surface area contributed by atoms with Crippen LogP contribution < -0.4 is 11.1 Å². The van der Waals surface area contributed by atoms with Crippen molar-refractivity contribution in [2.24, 2.45) is 23.5 Å². The van der Waals surface area contributed by atoms with E-state index in [0.717, 1.165) is 12.8 Å². The normalized spacial score (nSPS) is 15.9. The Balaban J connectivity index is 4.00. The van der Waals surface area contributed by atoms with Gasteiger partial charge in [-0.2, -0.15) is 0 Å². The summed E-state index contributed by atoms with van der Waals surface area (Å²) in [5.41, 5.74) is 5.60. The lowest BCUT2D eigenvalue weighted by Gasteiger charge is -2.21. The fourth-order valence-electron chi connectivity index (χ4n) is 1.96. The lowest BCUT2D eigenvalue weighted by atomic mass is 9.94. The molecule has 0 aromatic rings. The molecule has 3 atom stereocenters. The van der Waals surface area contributed by atoms with Gasteiger partial charge in [-0.3, -0.25) is 9.59 Å². The second-order valence-electron chi connectivity index (χ2n) is 5.67. The van der Waals surface area contributed by atoms with Crippen molar-refractivity contribution < 1.29 is 14.7 Å². The minimum absolute atomic E-state index is 0.00344. The number of carbonyl (C=O) groups excluding carboxylic acids is 1. The number of hydrogen-bond donors (Lipinski definition) is 3. The number of rotatable bonds is 9. The van der Waals surface area contributed by atoms with E-state index in [9.17, 15) is 9.59 Å². The fraction of sp³-hybridized carbons (Fsp3) is 0.857. The van der Waals surface area contributed by atoms with Crippen LogP contribution in [0.15, 0.2) is 0 Å². The van der Waals surface area contributed by atoms with Gasteiger partial charge in [-0.05, 0) is 25.7 Å². The quantitative estimate of drug-likeness (QED) is 0.594. The topological polar surface area (TPSA) is 92.4 Å². The molecule has 0 spiro atoms. The largest absolute Gasteiger partial charge is 0.481 e. The highest BCUT2D eigenvalue weighted by atomic mass is 16.4. The Kier molecular flexibility index (Phi) is 8.39. The molecule has 3 unspecified atom stereocenters. The zero-order valence-corrected chi connectivity index (χ0v) is 12.5. The molecule has 0 aromatic heterocycles. The average Bonchev–Trinajstić information content (AvgIpc) is 2.28. The third-order valence-corrected chi connectivity index (χ3v) is 3.48. The van der Waals surface area contributed by atoms with E-state index in [1.807, 2.05) is 20.8 Å². The summed E-state index contributed by atoms with van der Waals surface area (Å²) in [6.45, 7) is 7.96. The maximum atomic E-state index is 11.9. The molecule has 5 heteroatoms. The van der Waals surface area contributed by atoms with Crippen LogP contribution in [-0.2, 0) is 9.59 Å². The molecule has 0 bridgehead atoms. The van der Waals surface area contributed by atoms with Crippen molar-refractivity contribution in [2.75, 3.05) is 6.54 Å². The molecule has 19 heavy (non-hydrogen) atoms. The number of aliphatic carboxylic acids is 1. The summed E-state index contributed by atoms with van der Waals surface area (Å²) >= 11 is 0. The minimum atomic E-state index is -0.764. The maximum absolute atomic E-state index is 11.9. The monoisotopic (exact) mass is 272 g/mol. The summed E-state index contributed by atoms with van der Waals surface area (Å²) in [7, 11) is 0. The molecule has 0 aliphatic carbocycles. The number of nitrogens with two attached hydrogens (primary N) is 1. The molecule has 0 heterocycles. The molecule has 4 N–H and O–H groups in total. The van der Waals surface area contributed by atoms with E-state index < -0.39 is 5.97 Å². The van der Waals surface area contributed by atoms with E-state index in [1.54, 1.807) is 6.92 Å². The minimum Gasteiger partial charge on any atom is -0.481 e. The summed E-state index contributed by atoms with van der Waals surface area (Å²) in [5, 5.41) is 11.7. The zero-order valence-electron chi connectivity index (χ0n) is 12.5. The molecular weight excluding hydrogens is 244 g/mol. The maximum Gasteiger partial charge on any atom is 0.306 e. The van der Waals surface area contributed by atoms with Crippen molar-refractivity contribution in [2.45, 2.75) is 53.0 Å². The van der Waals surface area contributed by atoms with Crippen LogP contribution in [0.25, 0.3) is 0 Å². The number of carboxylic acid groups (broad SMARTS) is 1. The molecule has 0 saturated carbocycles. The summed E-state index contributed by atoms with van der Waals surface area (Å²) in [4.78, 5) is 22.6. The van der Waals surface area contributed by atoms with Crippen LogP contribution >= 0.6 is 0 Å². The van der Waals surface area contributed by atoms with Crippen LogP contribution in [0.4, 0.5) is 0 Å². The van der Waals surface area contributed by atoms with Gasteiger partial charge < -0.3 is 16.2 Å². The summed E-state index contributed by atoms with van der Waals surface area (Å²) in [6, 6.07) is 0.0568. The van der Waals surface area contributed by atoms with Gasteiger partial charge in [0, 0.05) is 12.6 Å². The van der Waals surface area contributed by atoms with E-state index in [2.05, 4.69) is 5.32 Å². The van der Waals surface area contributed by atoms with Gasteiger partial charge in [0.2, 0.25) is 5.91 Å². The van der Waals surface area contributed by atoms with Gasteiger partial charge in [0.25, 0.3) is 0 Å². The number of nitrogens with one attached hydrogen (secondary N) is 1. The van der Waals surface area contributed by atoms with Gasteiger partial charge in [-0.25, -0.2) is 0 Å². The predicted molar refractivity (Wildman–Crippen MR) is 75.6 cm³/mol. The zero-order chi connectivity index (χ0) is 15.0. The molecule has 0 fully saturated rings. The van der Waals surface area contributed by atoms with Crippen molar-refractivity contribution >= 4 is 11.9 Å². The molecule has 0 saturated heterocycles. The molecule has 0 radical (unpaired) electrons. The molecule has 1 amide bonds. The van der Waals surface area contributed by atoms with Crippen molar-refractivity contribution in [3.05, 3.63) is 0 Å². The predicted octanol–water partition coefficient (Wildman–Crippen LogP) is 1.61. The van der Waals surface area contributed by atoms with E-state index in [1.165, 1.54) is 0 Å². The molecule has 5 nitrogen and oxygen atoms in total. The van der Waals surface area contributed by atoms with E-state index >= 15 is 0 Å². The molecule has 0 aliphatic rings. The van der Waals surface area contributed by atoms with E-state index in [0.29, 0.717) is 13.0 Å². The first-order valence-electron chi connectivity index (χ1n) is 7.02. The molecule has 0 aliphatic heterocycles. The highest BCUT2D eigenvalue weighted by molar-refractivity contribution is 5.79. The lowest BCUT2D eigenvalue weighted by molar-refractivity contribution is -0.141. The smallest absolute Gasteiger partial charge is 0.306 e. The van der Waals surface area contributed by atoms with Crippen LogP contribution in [0.5, 0.6) is 0 Å². The summed E-state index contributed by atoms with van der Waals surface area (Å²) < 4.78 is 0. The third kappa shape index (κ3) is 7.15. The van der Waals surface area contributed by atoms with Crippen molar-refractivity contribution in [1.82, 2.24) is 5.32 Å². The Morgan fingerprint density at radius 3 is 2.16 bits per heavy atom. The van der Waals surface area contributed by atoms with Crippen molar-refractivity contribution in [3.8, 4) is 0 Å². The van der Waals surface area contributed by atoms with Gasteiger partial charge in [0.05, 0.1) is 11.8 Å². The molecule has 0 rings (SSSR count). The average molecular weight is 272 g/mol. The highest BCUT2D eigenvalue weighted by Gasteiger charge is 2.21. The van der Waals surface area contributed by atoms with Crippen LogP contribution in [-0.4, -0.2) is 29.6 Å². The molecule has 112 valence electrons.